The van der Waals surface area contributed by atoms with Gasteiger partial charge in [-0.25, -0.2) is 0 Å². The molecule has 0 aromatic carbocycles. The van der Waals surface area contributed by atoms with Gasteiger partial charge in [0.2, 0.25) is 0 Å². The summed E-state index contributed by atoms with van der Waals surface area (Å²) in [5, 5.41) is 11.8. The van der Waals surface area contributed by atoms with Crippen molar-refractivity contribution in [1.29, 1.82) is 0 Å². The molecule has 0 radical (unpaired) electrons. The van der Waals surface area contributed by atoms with Crippen LogP contribution in [-0.2, 0) is 33.3 Å². The fourth-order valence-electron chi connectivity index (χ4n) is 10.0. The number of esters is 2. The summed E-state index contributed by atoms with van der Waals surface area (Å²) in [5.41, 5.74) is 0. The standard InChI is InChI=1S/C75H133NO8/c1-6-8-10-12-14-16-18-20-22-24-26-28-30-32-33-34-35-36-37-38-39-40-42-43-45-47-49-51-53-55-57-59-61-63-65-72(77)82-69-71(70-83-75(74(79)80)81-68-67-76(3,4)5)84-73(78)66-64-62-60-58-56-54-52-50-48-46-44-41-31-29-27-25-23-21-19-17-15-13-11-9-7-2/h9,11,15,17,21,23,27,29,41,44,48,50,54,56,71,75H,6-8,10,12-14,16,18-20,22,24-26,28,30-40,42-43,45-47,49,51-53,55,57-70H2,1-5H3/b11-9-,17-15-,23-21-,29-27-,44-41-,50-48-,56-54-. The van der Waals surface area contributed by atoms with Gasteiger partial charge < -0.3 is 33.3 Å². The van der Waals surface area contributed by atoms with Crippen LogP contribution in [0.2, 0.25) is 0 Å². The van der Waals surface area contributed by atoms with Crippen LogP contribution in [-0.4, -0.2) is 82.3 Å². The van der Waals surface area contributed by atoms with E-state index in [1.54, 1.807) is 0 Å². The molecule has 84 heavy (non-hydrogen) atoms. The van der Waals surface area contributed by atoms with Gasteiger partial charge in [0.25, 0.3) is 0 Å². The van der Waals surface area contributed by atoms with Crippen LogP contribution in [0, 0.1) is 0 Å². The summed E-state index contributed by atoms with van der Waals surface area (Å²) in [6.45, 7) is 4.63. The lowest BCUT2D eigenvalue weighted by atomic mass is 10.0. The third-order valence-corrected chi connectivity index (χ3v) is 15.4. The third-order valence-electron chi connectivity index (χ3n) is 15.4. The molecular weight excluding hydrogens is 1040 g/mol. The number of allylic oxidation sites excluding steroid dienone is 14. The second kappa shape index (κ2) is 65.4. The summed E-state index contributed by atoms with van der Waals surface area (Å²) in [5.74, 6) is -2.32. The van der Waals surface area contributed by atoms with E-state index in [0.717, 1.165) is 83.5 Å². The zero-order chi connectivity index (χ0) is 61.2. The lowest BCUT2D eigenvalue weighted by molar-refractivity contribution is -0.870. The number of carboxylic acids is 1. The predicted molar refractivity (Wildman–Crippen MR) is 357 cm³/mol. The van der Waals surface area contributed by atoms with Crippen LogP contribution in [0.3, 0.4) is 0 Å². The molecule has 2 atom stereocenters. The summed E-state index contributed by atoms with van der Waals surface area (Å²) in [4.78, 5) is 37.5. The van der Waals surface area contributed by atoms with E-state index in [1.165, 1.54) is 199 Å². The topological polar surface area (TPSA) is 111 Å². The van der Waals surface area contributed by atoms with Gasteiger partial charge in [-0.2, -0.15) is 0 Å². The van der Waals surface area contributed by atoms with Gasteiger partial charge in [0, 0.05) is 12.8 Å². The second-order valence-corrected chi connectivity index (χ2v) is 24.8. The van der Waals surface area contributed by atoms with Gasteiger partial charge in [0.15, 0.2) is 12.4 Å². The molecule has 0 bridgehead atoms. The Morgan fingerprint density at radius 1 is 0.369 bits per heavy atom. The van der Waals surface area contributed by atoms with Crippen molar-refractivity contribution in [3.63, 3.8) is 0 Å². The molecule has 0 N–H and O–H groups in total. The van der Waals surface area contributed by atoms with Crippen molar-refractivity contribution in [2.45, 2.75) is 328 Å². The molecule has 9 heteroatoms. The van der Waals surface area contributed by atoms with Crippen molar-refractivity contribution < 1.29 is 42.9 Å². The number of quaternary nitrogens is 1. The molecule has 0 aromatic heterocycles. The molecule has 486 valence electrons. The van der Waals surface area contributed by atoms with Gasteiger partial charge in [-0.1, -0.05) is 317 Å². The lowest BCUT2D eigenvalue weighted by Gasteiger charge is -2.26. The van der Waals surface area contributed by atoms with E-state index in [-0.39, 0.29) is 38.6 Å². The Balaban J connectivity index is 4.11. The Bertz CT molecular complexity index is 1650. The van der Waals surface area contributed by atoms with Gasteiger partial charge in [-0.15, -0.1) is 0 Å². The van der Waals surface area contributed by atoms with Crippen molar-refractivity contribution in [2.75, 3.05) is 47.5 Å². The van der Waals surface area contributed by atoms with Crippen LogP contribution in [0.15, 0.2) is 85.1 Å². The molecule has 0 aromatic rings. The first-order valence-electron chi connectivity index (χ1n) is 35.2. The maximum atomic E-state index is 12.9. The minimum atomic E-state index is -1.64. The average Bonchev–Trinajstić information content (AvgIpc) is 3.52. The quantitative estimate of drug-likeness (QED) is 0.0195. The molecular formula is C75H133NO8. The van der Waals surface area contributed by atoms with Crippen molar-refractivity contribution >= 4 is 17.9 Å². The summed E-state index contributed by atoms with van der Waals surface area (Å²) >= 11 is 0. The summed E-state index contributed by atoms with van der Waals surface area (Å²) in [6.07, 6.45) is 85.4. The van der Waals surface area contributed by atoms with Crippen LogP contribution >= 0.6 is 0 Å². The Hall–Kier alpha value is -3.53. The van der Waals surface area contributed by atoms with Crippen molar-refractivity contribution in [1.82, 2.24) is 0 Å². The number of rotatable bonds is 65. The number of carboxylic acid groups (broad SMARTS) is 1. The number of nitrogens with zero attached hydrogens (tertiary/aromatic N) is 1. The molecule has 0 aliphatic rings. The van der Waals surface area contributed by atoms with E-state index >= 15 is 0 Å². The number of hydrogen-bond acceptors (Lipinski definition) is 8. The highest BCUT2D eigenvalue weighted by atomic mass is 16.7. The van der Waals surface area contributed by atoms with E-state index in [4.69, 9.17) is 18.9 Å². The summed E-state index contributed by atoms with van der Waals surface area (Å²) < 4.78 is 22.7. The number of carbonyl (C=O) groups excluding carboxylic acids is 3. The minimum Gasteiger partial charge on any atom is -0.545 e. The SMILES string of the molecule is CC/C=C\C/C=C\C/C=C\C/C=C\C/C=C\C/C=C\C/C=C\CCCCCC(=O)OC(COC(=O)CCCCCCCCCCCCCCCCCCCCCCCCCCCCCCCCCCCC)COC(OCC[N+](C)(C)C)C(=O)[O-]. The average molecular weight is 1180 g/mol. The fraction of sp³-hybridized carbons (Fsp3) is 0.773. The van der Waals surface area contributed by atoms with Crippen LogP contribution < -0.4 is 5.11 Å². The molecule has 0 spiro atoms. The maximum Gasteiger partial charge on any atom is 0.306 e. The molecule has 0 aliphatic carbocycles. The number of ether oxygens (including phenoxy) is 4. The highest BCUT2D eigenvalue weighted by Crippen LogP contribution is 2.18. The van der Waals surface area contributed by atoms with Gasteiger partial charge in [-0.3, -0.25) is 9.59 Å². The maximum absolute atomic E-state index is 12.9. The molecule has 0 rings (SSSR count). The van der Waals surface area contributed by atoms with Gasteiger partial charge >= 0.3 is 11.9 Å². The first-order chi connectivity index (χ1) is 41.1. The highest BCUT2D eigenvalue weighted by Gasteiger charge is 2.22. The molecule has 2 unspecified atom stereocenters. The number of carbonyl (C=O) groups is 3. The second-order valence-electron chi connectivity index (χ2n) is 24.8. The molecule has 9 nitrogen and oxygen atoms in total. The van der Waals surface area contributed by atoms with Crippen molar-refractivity contribution in [3.8, 4) is 0 Å². The molecule has 0 fully saturated rings. The first kappa shape index (κ1) is 80.5. The normalized spacial score (nSPS) is 13.2. The molecule has 0 amide bonds. The van der Waals surface area contributed by atoms with Crippen molar-refractivity contribution in [3.05, 3.63) is 85.1 Å². The Morgan fingerprint density at radius 2 is 0.679 bits per heavy atom. The van der Waals surface area contributed by atoms with E-state index in [0.29, 0.717) is 17.4 Å². The Morgan fingerprint density at radius 3 is 1.01 bits per heavy atom. The molecule has 0 saturated heterocycles. The van der Waals surface area contributed by atoms with Gasteiger partial charge in [0.05, 0.1) is 40.3 Å². The van der Waals surface area contributed by atoms with Gasteiger partial charge in [-0.05, 0) is 70.6 Å². The monoisotopic (exact) mass is 1180 g/mol. The Labute approximate surface area is 519 Å². The molecule has 0 aliphatic heterocycles. The van der Waals surface area contributed by atoms with Crippen LogP contribution in [0.1, 0.15) is 316 Å². The van der Waals surface area contributed by atoms with Crippen LogP contribution in [0.5, 0.6) is 0 Å². The van der Waals surface area contributed by atoms with E-state index in [9.17, 15) is 19.5 Å². The third kappa shape index (κ3) is 66.0. The van der Waals surface area contributed by atoms with E-state index in [2.05, 4.69) is 98.9 Å². The zero-order valence-electron chi connectivity index (χ0n) is 55.5. The number of likely N-dealkylation sites (N-methyl/N-ethyl adjacent to an activating group) is 1. The fourth-order valence-corrected chi connectivity index (χ4v) is 10.0. The zero-order valence-corrected chi connectivity index (χ0v) is 55.5. The number of unbranched alkanes of at least 4 members (excludes halogenated alkanes) is 36. The molecule has 0 heterocycles. The first-order valence-corrected chi connectivity index (χ1v) is 35.2. The predicted octanol–water partition coefficient (Wildman–Crippen LogP) is 20.5. The van der Waals surface area contributed by atoms with E-state index < -0.39 is 24.3 Å². The van der Waals surface area contributed by atoms with Gasteiger partial charge in [0.1, 0.15) is 13.2 Å². The summed E-state index contributed by atoms with van der Waals surface area (Å²) in [7, 11) is 5.92. The number of hydrogen-bond donors (Lipinski definition) is 0. The van der Waals surface area contributed by atoms with Crippen LogP contribution in [0.4, 0.5) is 0 Å². The highest BCUT2D eigenvalue weighted by molar-refractivity contribution is 5.70. The van der Waals surface area contributed by atoms with E-state index in [1.807, 2.05) is 21.1 Å². The minimum absolute atomic E-state index is 0.138. The number of aliphatic carboxylic acids is 1. The lowest BCUT2D eigenvalue weighted by Crippen LogP contribution is -2.44. The summed E-state index contributed by atoms with van der Waals surface area (Å²) in [6, 6.07) is 0. The molecule has 0 saturated carbocycles. The smallest absolute Gasteiger partial charge is 0.306 e. The Kier molecular flexibility index (Phi) is 62.7. The largest absolute Gasteiger partial charge is 0.545 e. The van der Waals surface area contributed by atoms with Crippen molar-refractivity contribution in [2.24, 2.45) is 0 Å². The van der Waals surface area contributed by atoms with Crippen LogP contribution in [0.25, 0.3) is 0 Å².